The Morgan fingerprint density at radius 1 is 1.24 bits per heavy atom. The van der Waals surface area contributed by atoms with Crippen LogP contribution >= 0.6 is 0 Å². The molecule has 0 aromatic carbocycles. The van der Waals surface area contributed by atoms with E-state index in [-0.39, 0.29) is 0 Å². The first kappa shape index (κ1) is 14.0. The van der Waals surface area contributed by atoms with E-state index in [1.807, 2.05) is 13.1 Å². The molecule has 0 atom stereocenters. The van der Waals surface area contributed by atoms with Crippen molar-refractivity contribution in [1.82, 2.24) is 10.3 Å². The molecule has 1 aromatic heterocycles. The van der Waals surface area contributed by atoms with Gasteiger partial charge in [0.05, 0.1) is 6.61 Å². The Morgan fingerprint density at radius 3 is 2.71 bits per heavy atom. The number of hydrogen-bond acceptors (Lipinski definition) is 3. The number of rotatable bonds is 8. The molecule has 0 saturated heterocycles. The third kappa shape index (κ3) is 5.18. The summed E-state index contributed by atoms with van der Waals surface area (Å²) in [6.45, 7) is 5.95. The van der Waals surface area contributed by atoms with Crippen molar-refractivity contribution in [2.24, 2.45) is 0 Å². The standard InChI is InChI=1S/C14H24N2O/c1-4-6-7-8-17-14-10-12(11-15-3)9-13(5-2)16-14/h9-10,15H,4-8,11H2,1-3H3. The van der Waals surface area contributed by atoms with E-state index < -0.39 is 0 Å². The molecule has 0 saturated carbocycles. The third-order valence-electron chi connectivity index (χ3n) is 2.66. The molecule has 3 nitrogen and oxygen atoms in total. The van der Waals surface area contributed by atoms with Crippen LogP contribution in [0.3, 0.4) is 0 Å². The number of nitrogens with one attached hydrogen (secondary N) is 1. The Bertz CT molecular complexity index is 326. The molecule has 0 aliphatic carbocycles. The number of ether oxygens (including phenoxy) is 1. The molecule has 1 heterocycles. The maximum atomic E-state index is 5.70. The maximum Gasteiger partial charge on any atom is 0.213 e. The Kier molecular flexibility index (Phi) is 6.63. The van der Waals surface area contributed by atoms with Gasteiger partial charge in [-0.1, -0.05) is 26.7 Å². The minimum Gasteiger partial charge on any atom is -0.478 e. The summed E-state index contributed by atoms with van der Waals surface area (Å²) in [5, 5.41) is 3.16. The van der Waals surface area contributed by atoms with Crippen molar-refractivity contribution in [3.05, 3.63) is 23.4 Å². The van der Waals surface area contributed by atoms with Crippen molar-refractivity contribution in [1.29, 1.82) is 0 Å². The first-order valence-corrected chi connectivity index (χ1v) is 6.57. The first-order valence-electron chi connectivity index (χ1n) is 6.57. The minimum absolute atomic E-state index is 0.769. The summed E-state index contributed by atoms with van der Waals surface area (Å²) in [6, 6.07) is 4.16. The Balaban J connectivity index is 2.59. The third-order valence-corrected chi connectivity index (χ3v) is 2.66. The van der Waals surface area contributed by atoms with Crippen LogP contribution in [-0.2, 0) is 13.0 Å². The number of hydrogen-bond donors (Lipinski definition) is 1. The largest absolute Gasteiger partial charge is 0.478 e. The fourth-order valence-corrected chi connectivity index (χ4v) is 1.71. The van der Waals surface area contributed by atoms with Gasteiger partial charge in [0.25, 0.3) is 0 Å². The van der Waals surface area contributed by atoms with Gasteiger partial charge in [-0.2, -0.15) is 0 Å². The summed E-state index contributed by atoms with van der Waals surface area (Å²) >= 11 is 0. The highest BCUT2D eigenvalue weighted by atomic mass is 16.5. The van der Waals surface area contributed by atoms with E-state index in [2.05, 4.69) is 30.2 Å². The first-order chi connectivity index (χ1) is 8.30. The van der Waals surface area contributed by atoms with Crippen LogP contribution in [0.1, 0.15) is 44.4 Å². The molecule has 96 valence electrons. The molecule has 0 unspecified atom stereocenters. The average Bonchev–Trinajstić information content (AvgIpc) is 2.35. The van der Waals surface area contributed by atoms with Crippen LogP contribution in [0, 0.1) is 0 Å². The fraction of sp³-hybridized carbons (Fsp3) is 0.643. The van der Waals surface area contributed by atoms with E-state index in [9.17, 15) is 0 Å². The monoisotopic (exact) mass is 236 g/mol. The smallest absolute Gasteiger partial charge is 0.213 e. The molecule has 0 amide bonds. The zero-order valence-electron chi connectivity index (χ0n) is 11.3. The van der Waals surface area contributed by atoms with Crippen molar-refractivity contribution >= 4 is 0 Å². The van der Waals surface area contributed by atoms with Gasteiger partial charge in [0, 0.05) is 18.3 Å². The van der Waals surface area contributed by atoms with Crippen LogP contribution in [0.4, 0.5) is 0 Å². The zero-order valence-corrected chi connectivity index (χ0v) is 11.3. The lowest BCUT2D eigenvalue weighted by Crippen LogP contribution is -2.07. The molecule has 3 heteroatoms. The van der Waals surface area contributed by atoms with Crippen LogP contribution in [0.15, 0.2) is 12.1 Å². The second-order valence-corrected chi connectivity index (χ2v) is 4.24. The average molecular weight is 236 g/mol. The van der Waals surface area contributed by atoms with Crippen molar-refractivity contribution in [2.45, 2.75) is 46.1 Å². The lowest BCUT2D eigenvalue weighted by molar-refractivity contribution is 0.294. The highest BCUT2D eigenvalue weighted by molar-refractivity contribution is 5.25. The Morgan fingerprint density at radius 2 is 2.06 bits per heavy atom. The van der Waals surface area contributed by atoms with Gasteiger partial charge in [-0.3, -0.25) is 0 Å². The summed E-state index contributed by atoms with van der Waals surface area (Å²) in [6.07, 6.45) is 4.49. The van der Waals surface area contributed by atoms with E-state index in [0.717, 1.165) is 37.6 Å². The van der Waals surface area contributed by atoms with Gasteiger partial charge in [-0.25, -0.2) is 4.98 Å². The molecule has 0 spiro atoms. The van der Waals surface area contributed by atoms with Gasteiger partial charge in [-0.15, -0.1) is 0 Å². The number of unbranched alkanes of at least 4 members (excludes halogenated alkanes) is 2. The molecule has 1 N–H and O–H groups in total. The predicted molar refractivity (Wildman–Crippen MR) is 71.4 cm³/mol. The Hall–Kier alpha value is -1.09. The number of nitrogens with zero attached hydrogens (tertiary/aromatic N) is 1. The van der Waals surface area contributed by atoms with Crippen LogP contribution in [0.5, 0.6) is 5.88 Å². The molecule has 17 heavy (non-hydrogen) atoms. The number of aryl methyl sites for hydroxylation is 1. The molecule has 0 bridgehead atoms. The van der Waals surface area contributed by atoms with Gasteiger partial charge in [-0.05, 0) is 31.5 Å². The van der Waals surface area contributed by atoms with Crippen molar-refractivity contribution < 1.29 is 4.74 Å². The van der Waals surface area contributed by atoms with E-state index in [1.54, 1.807) is 0 Å². The van der Waals surface area contributed by atoms with Crippen LogP contribution in [0.25, 0.3) is 0 Å². The maximum absolute atomic E-state index is 5.70. The lowest BCUT2D eigenvalue weighted by atomic mass is 10.2. The SMILES string of the molecule is CCCCCOc1cc(CNC)cc(CC)n1. The number of aromatic nitrogens is 1. The van der Waals surface area contributed by atoms with Crippen molar-refractivity contribution in [3.63, 3.8) is 0 Å². The summed E-state index contributed by atoms with van der Waals surface area (Å²) in [4.78, 5) is 4.48. The molecule has 0 aliphatic rings. The van der Waals surface area contributed by atoms with Crippen LogP contribution in [-0.4, -0.2) is 18.6 Å². The quantitative estimate of drug-likeness (QED) is 0.705. The molecule has 0 aliphatic heterocycles. The van der Waals surface area contributed by atoms with E-state index >= 15 is 0 Å². The summed E-state index contributed by atoms with van der Waals surface area (Å²) in [7, 11) is 1.95. The van der Waals surface area contributed by atoms with E-state index in [4.69, 9.17) is 4.74 Å². The van der Waals surface area contributed by atoms with Crippen molar-refractivity contribution in [2.75, 3.05) is 13.7 Å². The highest BCUT2D eigenvalue weighted by Crippen LogP contribution is 2.14. The minimum atomic E-state index is 0.769. The predicted octanol–water partition coefficient (Wildman–Crippen LogP) is 2.93. The van der Waals surface area contributed by atoms with Crippen LogP contribution in [0.2, 0.25) is 0 Å². The molecule has 1 aromatic rings. The molecule has 1 rings (SSSR count). The van der Waals surface area contributed by atoms with Gasteiger partial charge < -0.3 is 10.1 Å². The highest BCUT2D eigenvalue weighted by Gasteiger charge is 2.02. The van der Waals surface area contributed by atoms with Crippen molar-refractivity contribution in [3.8, 4) is 5.88 Å². The summed E-state index contributed by atoms with van der Waals surface area (Å²) in [5.74, 6) is 0.769. The fourth-order valence-electron chi connectivity index (χ4n) is 1.71. The lowest BCUT2D eigenvalue weighted by Gasteiger charge is -2.09. The normalized spacial score (nSPS) is 10.5. The van der Waals surface area contributed by atoms with E-state index in [0.29, 0.717) is 0 Å². The molecule has 0 fully saturated rings. The second kappa shape index (κ2) is 8.07. The van der Waals surface area contributed by atoms with Gasteiger partial charge in [0.15, 0.2) is 0 Å². The topological polar surface area (TPSA) is 34.1 Å². The van der Waals surface area contributed by atoms with Crippen LogP contribution < -0.4 is 10.1 Å². The van der Waals surface area contributed by atoms with Gasteiger partial charge in [0.1, 0.15) is 0 Å². The number of pyridine rings is 1. The van der Waals surface area contributed by atoms with Gasteiger partial charge in [0.2, 0.25) is 5.88 Å². The summed E-state index contributed by atoms with van der Waals surface area (Å²) < 4.78 is 5.70. The van der Waals surface area contributed by atoms with Gasteiger partial charge >= 0.3 is 0 Å². The Labute approximate surface area is 105 Å². The zero-order chi connectivity index (χ0) is 12.5. The van der Waals surface area contributed by atoms with E-state index in [1.165, 1.54) is 18.4 Å². The molecular formula is C14H24N2O. The molecular weight excluding hydrogens is 212 g/mol. The second-order valence-electron chi connectivity index (χ2n) is 4.24. The summed E-state index contributed by atoms with van der Waals surface area (Å²) in [5.41, 5.74) is 2.34. The molecule has 0 radical (unpaired) electrons.